The van der Waals surface area contributed by atoms with Gasteiger partial charge in [-0.3, -0.25) is 4.68 Å². The minimum absolute atomic E-state index is 0.266. The molecule has 3 N–H and O–H groups in total. The number of nitrogens with one attached hydrogen (secondary N) is 1. The van der Waals surface area contributed by atoms with Crippen molar-refractivity contribution >= 4 is 38.8 Å². The summed E-state index contributed by atoms with van der Waals surface area (Å²) in [4.78, 5) is 0.392. The summed E-state index contributed by atoms with van der Waals surface area (Å²) in [5.41, 5.74) is 7.49. The number of nitrogens with two attached hydrogens (primary N) is 1. The van der Waals surface area contributed by atoms with Crippen molar-refractivity contribution in [1.82, 2.24) is 9.78 Å². The van der Waals surface area contributed by atoms with Crippen LogP contribution in [0.1, 0.15) is 12.5 Å². The summed E-state index contributed by atoms with van der Waals surface area (Å²) in [5, 5.41) is 7.60. The topological polar surface area (TPSA) is 55.9 Å². The normalized spacial score (nSPS) is 12.1. The molecule has 0 saturated carbocycles. The fraction of sp³-hybridized carbons (Fsp3) is 0.231. The molecule has 1 aromatic heterocycles. The van der Waals surface area contributed by atoms with Gasteiger partial charge in [0, 0.05) is 34.2 Å². The summed E-state index contributed by atoms with van der Waals surface area (Å²) in [6, 6.07) is 8.05. The first-order valence-electron chi connectivity index (χ1n) is 5.89. The van der Waals surface area contributed by atoms with Crippen LogP contribution in [0.3, 0.4) is 0 Å². The van der Waals surface area contributed by atoms with Crippen molar-refractivity contribution in [2.75, 3.05) is 5.32 Å². The molecule has 1 atom stereocenters. The zero-order valence-corrected chi connectivity index (χ0v) is 12.9. The summed E-state index contributed by atoms with van der Waals surface area (Å²) in [6.45, 7) is 2.92. The molecule has 6 heteroatoms. The van der Waals surface area contributed by atoms with Crippen molar-refractivity contribution in [2.24, 2.45) is 5.73 Å². The molecule has 1 unspecified atom stereocenters. The van der Waals surface area contributed by atoms with Crippen molar-refractivity contribution in [1.29, 1.82) is 0 Å². The molecular weight excluding hydrogens is 324 g/mol. The number of aromatic nitrogens is 2. The van der Waals surface area contributed by atoms with Crippen molar-refractivity contribution in [3.8, 4) is 0 Å². The highest BCUT2D eigenvalue weighted by atomic mass is 79.9. The third-order valence-electron chi connectivity index (χ3n) is 2.67. The molecule has 4 nitrogen and oxygen atoms in total. The van der Waals surface area contributed by atoms with Gasteiger partial charge in [0.25, 0.3) is 0 Å². The molecule has 0 fully saturated rings. The van der Waals surface area contributed by atoms with Crippen LogP contribution in [0.15, 0.2) is 41.1 Å². The van der Waals surface area contributed by atoms with Gasteiger partial charge in [0.15, 0.2) is 0 Å². The third kappa shape index (κ3) is 3.78. The Morgan fingerprint density at radius 3 is 2.95 bits per heavy atom. The van der Waals surface area contributed by atoms with Gasteiger partial charge in [-0.15, -0.1) is 0 Å². The standard InChI is InChI=1S/C13H15BrN4S/c1-9(8-18-6-2-5-16-18)17-10-3-4-11(13(15)19)12(14)7-10/h2-7,9,17H,8H2,1H3,(H2,15,19). The molecule has 0 radical (unpaired) electrons. The number of hydrogen-bond donors (Lipinski definition) is 2. The monoisotopic (exact) mass is 338 g/mol. The number of hydrogen-bond acceptors (Lipinski definition) is 3. The predicted octanol–water partition coefficient (Wildman–Crippen LogP) is 2.78. The summed E-state index contributed by atoms with van der Waals surface area (Å²) in [6.07, 6.45) is 3.73. The highest BCUT2D eigenvalue weighted by Crippen LogP contribution is 2.22. The smallest absolute Gasteiger partial charge is 0.105 e. The Morgan fingerprint density at radius 2 is 2.37 bits per heavy atom. The first-order valence-corrected chi connectivity index (χ1v) is 7.09. The highest BCUT2D eigenvalue weighted by molar-refractivity contribution is 9.10. The van der Waals surface area contributed by atoms with Gasteiger partial charge < -0.3 is 11.1 Å². The maximum atomic E-state index is 5.63. The maximum absolute atomic E-state index is 5.63. The molecule has 0 bridgehead atoms. The van der Waals surface area contributed by atoms with E-state index >= 15 is 0 Å². The van der Waals surface area contributed by atoms with Gasteiger partial charge in [-0.05, 0) is 47.1 Å². The van der Waals surface area contributed by atoms with Gasteiger partial charge in [0.05, 0.1) is 6.54 Å². The van der Waals surface area contributed by atoms with Gasteiger partial charge in [0.2, 0.25) is 0 Å². The fourth-order valence-electron chi connectivity index (χ4n) is 1.82. The van der Waals surface area contributed by atoms with Crippen LogP contribution in [0.2, 0.25) is 0 Å². The number of benzene rings is 1. The second-order valence-electron chi connectivity index (χ2n) is 4.33. The molecule has 0 saturated heterocycles. The summed E-state index contributed by atoms with van der Waals surface area (Å²) in [5.74, 6) is 0. The van der Waals surface area contributed by atoms with Crippen molar-refractivity contribution in [3.05, 3.63) is 46.7 Å². The summed E-state index contributed by atoms with van der Waals surface area (Å²) >= 11 is 8.45. The Morgan fingerprint density at radius 1 is 1.58 bits per heavy atom. The average molecular weight is 339 g/mol. The van der Waals surface area contributed by atoms with E-state index in [0.717, 1.165) is 22.3 Å². The Hall–Kier alpha value is -1.40. The highest BCUT2D eigenvalue weighted by Gasteiger charge is 2.07. The van der Waals surface area contributed by atoms with Crippen LogP contribution in [-0.2, 0) is 6.54 Å². The van der Waals surface area contributed by atoms with Crippen LogP contribution in [0.25, 0.3) is 0 Å². The first-order chi connectivity index (χ1) is 9.06. The molecule has 19 heavy (non-hydrogen) atoms. The molecule has 0 aliphatic heterocycles. The van der Waals surface area contributed by atoms with Crippen molar-refractivity contribution in [2.45, 2.75) is 19.5 Å². The number of thiocarbonyl (C=S) groups is 1. The fourth-order valence-corrected chi connectivity index (χ4v) is 2.73. The largest absolute Gasteiger partial charge is 0.389 e. The molecule has 0 aliphatic carbocycles. The van der Waals surface area contributed by atoms with Crippen LogP contribution in [0.5, 0.6) is 0 Å². The summed E-state index contributed by atoms with van der Waals surface area (Å²) < 4.78 is 2.80. The summed E-state index contributed by atoms with van der Waals surface area (Å²) in [7, 11) is 0. The van der Waals surface area contributed by atoms with Gasteiger partial charge in [-0.25, -0.2) is 0 Å². The minimum atomic E-state index is 0.266. The van der Waals surface area contributed by atoms with Gasteiger partial charge in [-0.2, -0.15) is 5.10 Å². The second-order valence-corrected chi connectivity index (χ2v) is 5.63. The van der Waals surface area contributed by atoms with E-state index in [2.05, 4.69) is 33.3 Å². The Kier molecular flexibility index (Phi) is 4.55. The molecule has 1 heterocycles. The van der Waals surface area contributed by atoms with E-state index in [9.17, 15) is 0 Å². The Labute approximate surface area is 126 Å². The molecule has 0 amide bonds. The number of nitrogens with zero attached hydrogens (tertiary/aromatic N) is 2. The van der Waals surface area contributed by atoms with Crippen LogP contribution >= 0.6 is 28.1 Å². The molecule has 0 aliphatic rings. The van der Waals surface area contributed by atoms with E-state index in [4.69, 9.17) is 18.0 Å². The zero-order chi connectivity index (χ0) is 13.8. The average Bonchev–Trinajstić information content (AvgIpc) is 2.81. The van der Waals surface area contributed by atoms with E-state index in [0.29, 0.717) is 4.99 Å². The van der Waals surface area contributed by atoms with Crippen LogP contribution in [0.4, 0.5) is 5.69 Å². The van der Waals surface area contributed by atoms with Crippen LogP contribution < -0.4 is 11.1 Å². The predicted molar refractivity (Wildman–Crippen MR) is 85.3 cm³/mol. The molecule has 100 valence electrons. The molecule has 2 rings (SSSR count). The first kappa shape index (κ1) is 14.0. The molecule has 2 aromatic rings. The second kappa shape index (κ2) is 6.16. The lowest BCUT2D eigenvalue weighted by atomic mass is 10.2. The van der Waals surface area contributed by atoms with E-state index in [-0.39, 0.29) is 6.04 Å². The lowest BCUT2D eigenvalue weighted by Crippen LogP contribution is -2.22. The lowest BCUT2D eigenvalue weighted by molar-refractivity contribution is 0.561. The third-order valence-corrected chi connectivity index (χ3v) is 3.54. The van der Waals surface area contributed by atoms with E-state index in [1.807, 2.05) is 35.1 Å². The number of halogens is 1. The number of rotatable bonds is 5. The van der Waals surface area contributed by atoms with Gasteiger partial charge in [0.1, 0.15) is 4.99 Å². The van der Waals surface area contributed by atoms with Crippen LogP contribution in [0, 0.1) is 0 Å². The Bertz CT molecular complexity index is 568. The van der Waals surface area contributed by atoms with Crippen LogP contribution in [-0.4, -0.2) is 20.8 Å². The number of anilines is 1. The van der Waals surface area contributed by atoms with E-state index < -0.39 is 0 Å². The lowest BCUT2D eigenvalue weighted by Gasteiger charge is -2.16. The Balaban J connectivity index is 2.03. The molecule has 0 spiro atoms. The zero-order valence-electron chi connectivity index (χ0n) is 10.5. The van der Waals surface area contributed by atoms with Crippen molar-refractivity contribution < 1.29 is 0 Å². The molecular formula is C13H15BrN4S. The molecule has 1 aromatic carbocycles. The van der Waals surface area contributed by atoms with E-state index in [1.165, 1.54) is 0 Å². The quantitative estimate of drug-likeness (QED) is 0.823. The van der Waals surface area contributed by atoms with Gasteiger partial charge >= 0.3 is 0 Å². The maximum Gasteiger partial charge on any atom is 0.105 e. The van der Waals surface area contributed by atoms with Crippen molar-refractivity contribution in [3.63, 3.8) is 0 Å². The minimum Gasteiger partial charge on any atom is -0.389 e. The van der Waals surface area contributed by atoms with Gasteiger partial charge in [-0.1, -0.05) is 12.2 Å². The van der Waals surface area contributed by atoms with E-state index in [1.54, 1.807) is 6.20 Å². The SMILES string of the molecule is CC(Cn1cccn1)Nc1ccc(C(N)=S)c(Br)c1.